The highest BCUT2D eigenvalue weighted by Crippen LogP contribution is 2.32. The highest BCUT2D eigenvalue weighted by molar-refractivity contribution is 7.87. The molecule has 0 aliphatic heterocycles. The first kappa shape index (κ1) is 20.0. The minimum atomic E-state index is -3.65. The molecule has 1 aromatic rings. The highest BCUT2D eigenvalue weighted by atomic mass is 35.5. The Bertz CT molecular complexity index is 716. The van der Waals surface area contributed by atoms with Crippen LogP contribution in [0, 0.1) is 5.92 Å². The fourth-order valence-corrected chi connectivity index (χ4v) is 3.44. The second kappa shape index (κ2) is 8.41. The molecule has 0 aromatic heterocycles. The quantitative estimate of drug-likeness (QED) is 0.632. The normalized spacial score (nSPS) is 16.2. The summed E-state index contributed by atoms with van der Waals surface area (Å²) in [4.78, 5) is 14.6. The molecule has 5 nitrogen and oxygen atoms in total. The Morgan fingerprint density at radius 3 is 2.56 bits per heavy atom. The van der Waals surface area contributed by atoms with Crippen molar-refractivity contribution >= 4 is 27.6 Å². The lowest BCUT2D eigenvalue weighted by Gasteiger charge is -2.35. The Kier molecular flexibility index (Phi) is 6.74. The summed E-state index contributed by atoms with van der Waals surface area (Å²) in [6, 6.07) is 4.87. The zero-order chi connectivity index (χ0) is 18.6. The number of carbonyl (C=O) groups is 1. The maximum Gasteiger partial charge on any atom is 0.308 e. The van der Waals surface area contributed by atoms with Crippen LogP contribution in [0.25, 0.3) is 0 Å². The number of hydrogen-bond acceptors (Lipinski definition) is 4. The van der Waals surface area contributed by atoms with Crippen molar-refractivity contribution in [3.63, 3.8) is 0 Å². The standard InChI is InChI=1S/C18H26ClNO4S/c1-4-13(3)20(18(21)14-7-6-8-14)12-15-11-16(19)9-10-17(15)24-25(22,23)5-2/h9-11,13-14H,4-8,12H2,1-3H3/t13-/m1/s1. The maximum absolute atomic E-state index is 12.8. The zero-order valence-electron chi connectivity index (χ0n) is 15.0. The number of carbonyl (C=O) groups excluding carboxylic acids is 1. The number of amides is 1. The van der Waals surface area contributed by atoms with Crippen LogP contribution in [0.2, 0.25) is 5.02 Å². The number of nitrogens with zero attached hydrogens (tertiary/aromatic N) is 1. The third-order valence-electron chi connectivity index (χ3n) is 4.79. The van der Waals surface area contributed by atoms with Crippen LogP contribution in [-0.2, 0) is 21.5 Å². The maximum atomic E-state index is 12.8. The van der Waals surface area contributed by atoms with Crippen molar-refractivity contribution in [3.8, 4) is 5.75 Å². The Labute approximate surface area is 155 Å². The average Bonchev–Trinajstić information content (AvgIpc) is 2.52. The fourth-order valence-electron chi connectivity index (χ4n) is 2.69. The second-order valence-corrected chi connectivity index (χ2v) is 8.83. The lowest BCUT2D eigenvalue weighted by Crippen LogP contribution is -2.43. The molecule has 1 aromatic carbocycles. The minimum absolute atomic E-state index is 0.0581. The van der Waals surface area contributed by atoms with Gasteiger partial charge in [-0.25, -0.2) is 0 Å². The molecule has 0 heterocycles. The van der Waals surface area contributed by atoms with E-state index >= 15 is 0 Å². The monoisotopic (exact) mass is 387 g/mol. The summed E-state index contributed by atoms with van der Waals surface area (Å²) in [6.07, 6.45) is 3.76. The van der Waals surface area contributed by atoms with E-state index in [9.17, 15) is 13.2 Å². The van der Waals surface area contributed by atoms with Crippen LogP contribution in [0.15, 0.2) is 18.2 Å². The second-order valence-electron chi connectivity index (χ2n) is 6.53. The molecule has 25 heavy (non-hydrogen) atoms. The van der Waals surface area contributed by atoms with Gasteiger partial charge in [0.1, 0.15) is 5.75 Å². The third kappa shape index (κ3) is 5.11. The van der Waals surface area contributed by atoms with E-state index < -0.39 is 10.1 Å². The summed E-state index contributed by atoms with van der Waals surface area (Å²) in [5, 5.41) is 0.483. The van der Waals surface area contributed by atoms with Gasteiger partial charge in [-0.1, -0.05) is 24.9 Å². The molecule has 0 unspecified atom stereocenters. The van der Waals surface area contributed by atoms with Gasteiger partial charge >= 0.3 is 10.1 Å². The lowest BCUT2D eigenvalue weighted by molar-refractivity contribution is -0.141. The van der Waals surface area contributed by atoms with E-state index in [2.05, 4.69) is 0 Å². The SMILES string of the molecule is CC[C@@H](C)N(Cc1cc(Cl)ccc1OS(=O)(=O)CC)C(=O)C1CCC1. The first-order chi connectivity index (χ1) is 11.8. The predicted octanol–water partition coefficient (Wildman–Crippen LogP) is 4.00. The number of hydrogen-bond donors (Lipinski definition) is 0. The van der Waals surface area contributed by atoms with Crippen LogP contribution >= 0.6 is 11.6 Å². The minimum Gasteiger partial charge on any atom is -0.382 e. The molecular formula is C18H26ClNO4S. The number of rotatable bonds is 8. The molecule has 0 saturated heterocycles. The van der Waals surface area contributed by atoms with E-state index in [-0.39, 0.29) is 29.4 Å². The predicted molar refractivity (Wildman–Crippen MR) is 99.2 cm³/mol. The van der Waals surface area contributed by atoms with Gasteiger partial charge in [0.05, 0.1) is 5.75 Å². The van der Waals surface area contributed by atoms with Gasteiger partial charge in [0, 0.05) is 29.1 Å². The van der Waals surface area contributed by atoms with Gasteiger partial charge in [-0.05, 0) is 51.3 Å². The molecule has 1 saturated carbocycles. The molecule has 0 bridgehead atoms. The molecule has 0 radical (unpaired) electrons. The smallest absolute Gasteiger partial charge is 0.308 e. The van der Waals surface area contributed by atoms with Gasteiger partial charge in [0.15, 0.2) is 0 Å². The molecule has 1 amide bonds. The summed E-state index contributed by atoms with van der Waals surface area (Å²) in [5.41, 5.74) is 0.609. The summed E-state index contributed by atoms with van der Waals surface area (Å²) >= 11 is 6.09. The first-order valence-electron chi connectivity index (χ1n) is 8.78. The fraction of sp³-hybridized carbons (Fsp3) is 0.611. The molecular weight excluding hydrogens is 362 g/mol. The van der Waals surface area contributed by atoms with E-state index in [0.717, 1.165) is 25.7 Å². The van der Waals surface area contributed by atoms with Gasteiger partial charge in [0.2, 0.25) is 5.91 Å². The van der Waals surface area contributed by atoms with Crippen LogP contribution in [-0.4, -0.2) is 31.0 Å². The topological polar surface area (TPSA) is 63.7 Å². The molecule has 2 rings (SSSR count). The van der Waals surface area contributed by atoms with Crippen molar-refractivity contribution in [3.05, 3.63) is 28.8 Å². The van der Waals surface area contributed by atoms with Crippen molar-refractivity contribution in [2.24, 2.45) is 5.92 Å². The van der Waals surface area contributed by atoms with Gasteiger partial charge < -0.3 is 9.08 Å². The van der Waals surface area contributed by atoms with Crippen molar-refractivity contribution in [2.45, 2.75) is 59.0 Å². The Morgan fingerprint density at radius 1 is 1.36 bits per heavy atom. The van der Waals surface area contributed by atoms with Crippen LogP contribution in [0.5, 0.6) is 5.75 Å². The van der Waals surface area contributed by atoms with Crippen LogP contribution in [0.3, 0.4) is 0 Å². The third-order valence-corrected chi connectivity index (χ3v) is 6.17. The van der Waals surface area contributed by atoms with E-state index in [0.29, 0.717) is 17.1 Å². The first-order valence-corrected chi connectivity index (χ1v) is 10.7. The zero-order valence-corrected chi connectivity index (χ0v) is 16.6. The van der Waals surface area contributed by atoms with E-state index in [1.54, 1.807) is 18.2 Å². The van der Waals surface area contributed by atoms with E-state index in [1.807, 2.05) is 18.7 Å². The highest BCUT2D eigenvalue weighted by Gasteiger charge is 2.32. The summed E-state index contributed by atoms with van der Waals surface area (Å²) in [7, 11) is -3.65. The number of halogens is 1. The van der Waals surface area contributed by atoms with E-state index in [1.165, 1.54) is 6.92 Å². The molecule has 1 aliphatic carbocycles. The summed E-state index contributed by atoms with van der Waals surface area (Å²) < 4.78 is 28.9. The summed E-state index contributed by atoms with van der Waals surface area (Å²) in [6.45, 7) is 5.85. The molecule has 0 spiro atoms. The lowest BCUT2D eigenvalue weighted by atomic mass is 9.84. The van der Waals surface area contributed by atoms with Crippen molar-refractivity contribution in [1.29, 1.82) is 0 Å². The molecule has 1 fully saturated rings. The molecule has 140 valence electrons. The van der Waals surface area contributed by atoms with Crippen molar-refractivity contribution < 1.29 is 17.4 Å². The Morgan fingerprint density at radius 2 is 2.04 bits per heavy atom. The van der Waals surface area contributed by atoms with Gasteiger partial charge in [-0.15, -0.1) is 0 Å². The van der Waals surface area contributed by atoms with Gasteiger partial charge in [-0.2, -0.15) is 8.42 Å². The van der Waals surface area contributed by atoms with Crippen LogP contribution in [0.1, 0.15) is 52.0 Å². The Hall–Kier alpha value is -1.27. The average molecular weight is 388 g/mol. The van der Waals surface area contributed by atoms with Gasteiger partial charge in [-0.3, -0.25) is 4.79 Å². The van der Waals surface area contributed by atoms with Crippen molar-refractivity contribution in [1.82, 2.24) is 4.90 Å². The van der Waals surface area contributed by atoms with E-state index in [4.69, 9.17) is 15.8 Å². The molecule has 7 heteroatoms. The molecule has 1 aliphatic rings. The Balaban J connectivity index is 2.30. The van der Waals surface area contributed by atoms with Gasteiger partial charge in [0.25, 0.3) is 0 Å². The molecule has 1 atom stereocenters. The number of benzene rings is 1. The van der Waals surface area contributed by atoms with Crippen LogP contribution in [0.4, 0.5) is 0 Å². The molecule has 0 N–H and O–H groups in total. The summed E-state index contributed by atoms with van der Waals surface area (Å²) in [5.74, 6) is 0.327. The largest absolute Gasteiger partial charge is 0.382 e. The van der Waals surface area contributed by atoms with Crippen molar-refractivity contribution in [2.75, 3.05) is 5.75 Å². The van der Waals surface area contributed by atoms with Crippen LogP contribution < -0.4 is 4.18 Å².